The fourth-order valence-electron chi connectivity index (χ4n) is 3.00. The van der Waals surface area contributed by atoms with Gasteiger partial charge in [-0.05, 0) is 30.7 Å². The molecule has 0 amide bonds. The van der Waals surface area contributed by atoms with Gasteiger partial charge in [-0.3, -0.25) is 4.79 Å². The van der Waals surface area contributed by atoms with E-state index in [9.17, 15) is 22.7 Å². The van der Waals surface area contributed by atoms with E-state index < -0.39 is 33.9 Å². The molecular formula is C13H14FNO5S. The van der Waals surface area contributed by atoms with E-state index in [1.807, 2.05) is 0 Å². The molecule has 21 heavy (non-hydrogen) atoms. The summed E-state index contributed by atoms with van der Waals surface area (Å²) in [5, 5.41) is 9.29. The summed E-state index contributed by atoms with van der Waals surface area (Å²) in [5.74, 6) is -1.83. The number of carboxylic acid groups (broad SMARTS) is 1. The second-order valence-corrected chi connectivity index (χ2v) is 7.09. The average Bonchev–Trinajstić information content (AvgIpc) is 2.98. The quantitative estimate of drug-likeness (QED) is 0.887. The third-order valence-corrected chi connectivity index (χ3v) is 5.95. The van der Waals surface area contributed by atoms with Gasteiger partial charge in [0.05, 0.1) is 24.2 Å². The van der Waals surface area contributed by atoms with E-state index >= 15 is 0 Å². The molecule has 114 valence electrons. The van der Waals surface area contributed by atoms with Crippen molar-refractivity contribution in [2.75, 3.05) is 13.2 Å². The molecule has 0 aliphatic carbocycles. The van der Waals surface area contributed by atoms with Gasteiger partial charge in [0.1, 0.15) is 11.9 Å². The SMILES string of the molecule is O=C(O)[C@@H]1C[C@@H]2COC[C@H]2N1S(=O)(=O)c1ccc(F)cc1. The molecule has 2 fully saturated rings. The second-order valence-electron chi connectivity index (χ2n) is 5.24. The van der Waals surface area contributed by atoms with E-state index in [0.29, 0.717) is 6.61 Å². The standard InChI is InChI=1S/C13H14FNO5S/c14-9-1-3-10(4-2-9)21(18,19)15-11(13(16)17)5-8-6-20-7-12(8)15/h1-4,8,11-12H,5-7H2,(H,16,17)/t8-,11+,12-/m1/s1. The van der Waals surface area contributed by atoms with Crippen LogP contribution in [0.25, 0.3) is 0 Å². The summed E-state index contributed by atoms with van der Waals surface area (Å²) >= 11 is 0. The number of nitrogens with zero attached hydrogens (tertiary/aromatic N) is 1. The van der Waals surface area contributed by atoms with Crippen LogP contribution in [0.15, 0.2) is 29.2 Å². The van der Waals surface area contributed by atoms with Crippen molar-refractivity contribution >= 4 is 16.0 Å². The Labute approximate surface area is 121 Å². The van der Waals surface area contributed by atoms with E-state index in [4.69, 9.17) is 4.74 Å². The Morgan fingerprint density at radius 1 is 1.29 bits per heavy atom. The van der Waals surface area contributed by atoms with E-state index in [1.165, 1.54) is 0 Å². The summed E-state index contributed by atoms with van der Waals surface area (Å²) in [5.41, 5.74) is 0. The van der Waals surface area contributed by atoms with Crippen LogP contribution >= 0.6 is 0 Å². The van der Waals surface area contributed by atoms with Crippen molar-refractivity contribution in [2.45, 2.75) is 23.4 Å². The molecule has 2 aliphatic rings. The van der Waals surface area contributed by atoms with E-state index in [0.717, 1.165) is 28.6 Å². The normalized spacial score (nSPS) is 29.5. The summed E-state index contributed by atoms with van der Waals surface area (Å²) in [6.45, 7) is 0.554. The van der Waals surface area contributed by atoms with Gasteiger partial charge in [-0.1, -0.05) is 0 Å². The zero-order valence-corrected chi connectivity index (χ0v) is 11.8. The van der Waals surface area contributed by atoms with E-state index in [2.05, 4.69) is 0 Å². The topological polar surface area (TPSA) is 83.9 Å². The van der Waals surface area contributed by atoms with Crippen LogP contribution in [0.4, 0.5) is 4.39 Å². The van der Waals surface area contributed by atoms with Crippen molar-refractivity contribution in [1.82, 2.24) is 4.31 Å². The number of halogens is 1. The van der Waals surface area contributed by atoms with Gasteiger partial charge in [-0.25, -0.2) is 12.8 Å². The molecule has 1 aromatic carbocycles. The maximum atomic E-state index is 12.9. The number of benzene rings is 1. The van der Waals surface area contributed by atoms with Crippen LogP contribution in [0.2, 0.25) is 0 Å². The Bertz CT molecular complexity index is 660. The van der Waals surface area contributed by atoms with Crippen LogP contribution < -0.4 is 0 Å². The van der Waals surface area contributed by atoms with E-state index in [1.54, 1.807) is 0 Å². The highest BCUT2D eigenvalue weighted by Crippen LogP contribution is 2.38. The minimum absolute atomic E-state index is 0.109. The van der Waals surface area contributed by atoms with Gasteiger partial charge in [0.25, 0.3) is 0 Å². The third kappa shape index (κ3) is 2.33. The lowest BCUT2D eigenvalue weighted by atomic mass is 10.0. The number of carbonyl (C=O) groups is 1. The van der Waals surface area contributed by atoms with Crippen molar-refractivity contribution in [2.24, 2.45) is 5.92 Å². The zero-order valence-electron chi connectivity index (χ0n) is 11.0. The number of rotatable bonds is 3. The second kappa shape index (κ2) is 5.04. The van der Waals surface area contributed by atoms with Crippen LogP contribution in [0.1, 0.15) is 6.42 Å². The number of ether oxygens (including phenoxy) is 1. The molecular weight excluding hydrogens is 301 g/mol. The van der Waals surface area contributed by atoms with Gasteiger partial charge >= 0.3 is 5.97 Å². The fraction of sp³-hybridized carbons (Fsp3) is 0.462. The molecule has 3 rings (SSSR count). The Balaban J connectivity index is 2.02. The maximum Gasteiger partial charge on any atom is 0.322 e. The molecule has 1 aromatic rings. The molecule has 3 atom stereocenters. The van der Waals surface area contributed by atoms with Crippen molar-refractivity contribution in [3.63, 3.8) is 0 Å². The van der Waals surface area contributed by atoms with Gasteiger partial charge in [0.2, 0.25) is 10.0 Å². The minimum Gasteiger partial charge on any atom is -0.480 e. The molecule has 0 saturated carbocycles. The summed E-state index contributed by atoms with van der Waals surface area (Å²) in [6, 6.07) is 2.81. The average molecular weight is 315 g/mol. The molecule has 0 spiro atoms. The highest BCUT2D eigenvalue weighted by Gasteiger charge is 2.53. The van der Waals surface area contributed by atoms with Crippen LogP contribution in [0, 0.1) is 11.7 Å². The number of hydrogen-bond acceptors (Lipinski definition) is 4. The number of sulfonamides is 1. The summed E-state index contributed by atoms with van der Waals surface area (Å²) in [6.07, 6.45) is 0.237. The lowest BCUT2D eigenvalue weighted by Gasteiger charge is -2.26. The molecule has 0 unspecified atom stereocenters. The van der Waals surface area contributed by atoms with Gasteiger partial charge < -0.3 is 9.84 Å². The van der Waals surface area contributed by atoms with Crippen LogP contribution in [-0.2, 0) is 19.6 Å². The molecule has 2 aliphatic heterocycles. The first kappa shape index (κ1) is 14.4. The monoisotopic (exact) mass is 315 g/mol. The zero-order chi connectivity index (χ0) is 15.2. The molecule has 1 N–H and O–H groups in total. The van der Waals surface area contributed by atoms with Crippen LogP contribution in [0.3, 0.4) is 0 Å². The predicted octanol–water partition coefficient (Wildman–Crippen LogP) is 0.688. The van der Waals surface area contributed by atoms with Crippen LogP contribution in [0.5, 0.6) is 0 Å². The lowest BCUT2D eigenvalue weighted by Crippen LogP contribution is -2.46. The molecule has 2 saturated heterocycles. The Morgan fingerprint density at radius 2 is 1.95 bits per heavy atom. The van der Waals surface area contributed by atoms with Crippen molar-refractivity contribution < 1.29 is 27.4 Å². The van der Waals surface area contributed by atoms with Crippen molar-refractivity contribution in [3.8, 4) is 0 Å². The molecule has 0 bridgehead atoms. The molecule has 0 radical (unpaired) electrons. The Kier molecular flexibility index (Phi) is 3.46. The van der Waals surface area contributed by atoms with Gasteiger partial charge in [0, 0.05) is 5.92 Å². The smallest absolute Gasteiger partial charge is 0.322 e. The van der Waals surface area contributed by atoms with E-state index in [-0.39, 0.29) is 23.8 Å². The van der Waals surface area contributed by atoms with Crippen LogP contribution in [-0.4, -0.2) is 49.1 Å². The van der Waals surface area contributed by atoms with Crippen molar-refractivity contribution in [3.05, 3.63) is 30.1 Å². The third-order valence-electron chi connectivity index (χ3n) is 4.00. The Hall–Kier alpha value is -1.51. The van der Waals surface area contributed by atoms with Crippen molar-refractivity contribution in [1.29, 1.82) is 0 Å². The highest BCUT2D eigenvalue weighted by atomic mass is 32.2. The first-order chi connectivity index (χ1) is 9.91. The van der Waals surface area contributed by atoms with Gasteiger partial charge in [-0.15, -0.1) is 0 Å². The predicted molar refractivity (Wildman–Crippen MR) is 69.6 cm³/mol. The minimum atomic E-state index is -4.00. The number of aliphatic carboxylic acids is 1. The number of carboxylic acids is 1. The summed E-state index contributed by atoms with van der Waals surface area (Å²) in [4.78, 5) is 11.3. The lowest BCUT2D eigenvalue weighted by molar-refractivity contribution is -0.141. The first-order valence-corrected chi connectivity index (χ1v) is 7.95. The molecule has 2 heterocycles. The molecule has 0 aromatic heterocycles. The number of hydrogen-bond donors (Lipinski definition) is 1. The Morgan fingerprint density at radius 3 is 2.57 bits per heavy atom. The largest absolute Gasteiger partial charge is 0.480 e. The molecule has 6 nitrogen and oxygen atoms in total. The first-order valence-electron chi connectivity index (χ1n) is 6.51. The number of fused-ring (bicyclic) bond motifs is 1. The molecule has 8 heteroatoms. The van der Waals surface area contributed by atoms with Gasteiger partial charge in [-0.2, -0.15) is 4.31 Å². The summed E-state index contributed by atoms with van der Waals surface area (Å²) < 4.78 is 44.6. The maximum absolute atomic E-state index is 12.9. The van der Waals surface area contributed by atoms with Gasteiger partial charge in [0.15, 0.2) is 0 Å². The summed E-state index contributed by atoms with van der Waals surface area (Å²) in [7, 11) is -4.00. The fourth-order valence-corrected chi connectivity index (χ4v) is 4.82. The highest BCUT2D eigenvalue weighted by molar-refractivity contribution is 7.89.